The number of aliphatic carboxylic acids is 1. The summed E-state index contributed by atoms with van der Waals surface area (Å²) in [6.07, 6.45) is 10.5. The van der Waals surface area contributed by atoms with Gasteiger partial charge in [-0.3, -0.25) is 14.4 Å². The number of carboxylic acid groups (broad SMARTS) is 1. The molecule has 1 aromatic heterocycles. The molecule has 6 rings (SSSR count). The summed E-state index contributed by atoms with van der Waals surface area (Å²) in [5.74, 6) is 0.691. The topological polar surface area (TPSA) is 139 Å². The van der Waals surface area contributed by atoms with Crippen LogP contribution < -0.4 is 5.32 Å². The number of ether oxygens (including phenoxy) is 1. The fourth-order valence-corrected chi connectivity index (χ4v) is 12.8. The zero-order valence-electron chi connectivity index (χ0n) is 32.6. The number of rotatable bonds is 10. The van der Waals surface area contributed by atoms with Crippen LogP contribution in [0.5, 0.6) is 0 Å². The van der Waals surface area contributed by atoms with Crippen LogP contribution in [0, 0.1) is 56.2 Å². The maximum atomic E-state index is 14.0. The highest BCUT2D eigenvalue weighted by molar-refractivity contribution is 6.00. The van der Waals surface area contributed by atoms with Crippen molar-refractivity contribution < 1.29 is 29.3 Å². The molecule has 9 heteroatoms. The van der Waals surface area contributed by atoms with Crippen molar-refractivity contribution >= 4 is 17.7 Å². The van der Waals surface area contributed by atoms with Crippen LogP contribution in [-0.4, -0.2) is 56.7 Å². The van der Waals surface area contributed by atoms with E-state index in [-0.39, 0.29) is 51.8 Å². The van der Waals surface area contributed by atoms with Gasteiger partial charge in [-0.2, -0.15) is 0 Å². The van der Waals surface area contributed by atoms with Gasteiger partial charge in [0.05, 0.1) is 24.5 Å². The molecule has 4 fully saturated rings. The Labute approximate surface area is 305 Å². The van der Waals surface area contributed by atoms with Gasteiger partial charge in [-0.25, -0.2) is 9.97 Å². The van der Waals surface area contributed by atoms with Crippen LogP contribution in [0.15, 0.2) is 29.6 Å². The van der Waals surface area contributed by atoms with Crippen molar-refractivity contribution in [3.05, 3.63) is 35.4 Å². The third-order valence-corrected chi connectivity index (χ3v) is 15.7. The van der Waals surface area contributed by atoms with Crippen LogP contribution in [0.2, 0.25) is 0 Å². The van der Waals surface area contributed by atoms with Gasteiger partial charge in [-0.15, -0.1) is 0 Å². The first-order valence-corrected chi connectivity index (χ1v) is 19.6. The first-order chi connectivity index (χ1) is 23.7. The second kappa shape index (κ2) is 13.0. The molecule has 0 spiro atoms. The quantitative estimate of drug-likeness (QED) is 0.214. The fourth-order valence-electron chi connectivity index (χ4n) is 12.8. The molecule has 0 unspecified atom stereocenters. The molecule has 1 heterocycles. The number of hydrogen-bond donors (Lipinski definition) is 3. The second-order valence-electron chi connectivity index (χ2n) is 19.4. The van der Waals surface area contributed by atoms with Crippen LogP contribution in [0.25, 0.3) is 0 Å². The summed E-state index contributed by atoms with van der Waals surface area (Å²) in [5.41, 5.74) is 0.384. The molecule has 9 atom stereocenters. The van der Waals surface area contributed by atoms with Crippen LogP contribution in [0.4, 0.5) is 0 Å². The average molecular weight is 706 g/mol. The van der Waals surface area contributed by atoms with Gasteiger partial charge >= 0.3 is 11.9 Å². The molecule has 0 amide bonds. The van der Waals surface area contributed by atoms with Gasteiger partial charge in [-0.1, -0.05) is 54.0 Å². The number of nitrogens with one attached hydrogen (secondary N) is 1. The molecule has 1 aromatic rings. The number of allylic oxidation sites excluding steroid dienone is 1. The van der Waals surface area contributed by atoms with Crippen molar-refractivity contribution in [2.75, 3.05) is 6.54 Å². The van der Waals surface area contributed by atoms with Crippen molar-refractivity contribution in [3.63, 3.8) is 0 Å². The van der Waals surface area contributed by atoms with E-state index in [9.17, 15) is 24.6 Å². The standard InChI is InChI=1S/C42H63N3O6/c1-25(2)34-27(46)21-42(30(47)23-43-24-32-44-19-10-20-45-32)18-17-40(8)26(35(34)42)11-12-29-39(7)15-14-31(51-33(48)22-37(3,4)36(49)50)38(5,6)28(39)13-16-41(29,40)9/h10,19-20,25-26,28-31,43,47H,11-18,21-24H2,1-9H3,(H,49,50)/t26-,28+,29-,30-,31+,39+,40-,41-,42+/m1/s1. The largest absolute Gasteiger partial charge is 0.481 e. The number of aliphatic hydroxyl groups excluding tert-OH is 1. The van der Waals surface area contributed by atoms with Crippen molar-refractivity contribution in [3.8, 4) is 0 Å². The van der Waals surface area contributed by atoms with Gasteiger partial charge in [0.2, 0.25) is 0 Å². The summed E-state index contributed by atoms with van der Waals surface area (Å²) in [7, 11) is 0. The lowest BCUT2D eigenvalue weighted by atomic mass is 9.33. The number of carbonyl (C=O) groups is 3. The summed E-state index contributed by atoms with van der Waals surface area (Å²) >= 11 is 0. The minimum atomic E-state index is -1.17. The third kappa shape index (κ3) is 5.91. The SMILES string of the molecule is CC(C)C1=C2[C@H]3CC[C@@H]4[C@@]5(C)CC[C@H](OC(=O)CC(C)(C)C(=O)O)C(C)(C)[C@@H]5CC[C@@]4(C)[C@]3(C)CC[C@@]2([C@H](O)CNCc2ncccn2)CC1=O. The van der Waals surface area contributed by atoms with Gasteiger partial charge in [0.1, 0.15) is 11.9 Å². The number of ketones is 1. The summed E-state index contributed by atoms with van der Waals surface area (Å²) in [5, 5.41) is 25.1. The Balaban J connectivity index is 1.26. The number of fused-ring (bicyclic) bond motifs is 7. The minimum Gasteiger partial charge on any atom is -0.481 e. The molecule has 51 heavy (non-hydrogen) atoms. The number of carboxylic acids is 1. The molecule has 0 saturated heterocycles. The summed E-state index contributed by atoms with van der Waals surface area (Å²) in [6.45, 7) is 20.4. The van der Waals surface area contributed by atoms with E-state index >= 15 is 0 Å². The van der Waals surface area contributed by atoms with Gasteiger partial charge < -0.3 is 20.3 Å². The first kappa shape index (κ1) is 38.1. The molecule has 3 N–H and O–H groups in total. The molecule has 9 nitrogen and oxygen atoms in total. The molecular formula is C42H63N3O6. The Morgan fingerprint density at radius 1 is 0.961 bits per heavy atom. The van der Waals surface area contributed by atoms with E-state index in [1.807, 2.05) is 0 Å². The average Bonchev–Trinajstić information content (AvgIpc) is 3.36. The molecule has 0 bridgehead atoms. The maximum absolute atomic E-state index is 14.0. The van der Waals surface area contributed by atoms with E-state index in [1.54, 1.807) is 32.3 Å². The highest BCUT2D eigenvalue weighted by atomic mass is 16.5. The monoisotopic (exact) mass is 705 g/mol. The molecule has 282 valence electrons. The lowest BCUT2D eigenvalue weighted by Crippen LogP contribution is -2.66. The number of carbonyl (C=O) groups excluding carboxylic acids is 2. The molecule has 0 aliphatic heterocycles. The fraction of sp³-hybridized carbons (Fsp3) is 0.786. The van der Waals surface area contributed by atoms with Gasteiger partial charge in [-0.05, 0) is 117 Å². The zero-order chi connectivity index (χ0) is 37.4. The lowest BCUT2D eigenvalue weighted by molar-refractivity contribution is -0.235. The predicted molar refractivity (Wildman–Crippen MR) is 195 cm³/mol. The number of hydrogen-bond acceptors (Lipinski definition) is 8. The Morgan fingerprint density at radius 2 is 1.65 bits per heavy atom. The van der Waals surface area contributed by atoms with Gasteiger partial charge in [0.15, 0.2) is 5.78 Å². The summed E-state index contributed by atoms with van der Waals surface area (Å²) in [4.78, 5) is 47.4. The summed E-state index contributed by atoms with van der Waals surface area (Å²) in [6, 6.07) is 1.80. The molecule has 5 aliphatic carbocycles. The molecule has 0 radical (unpaired) electrons. The minimum absolute atomic E-state index is 0.0195. The summed E-state index contributed by atoms with van der Waals surface area (Å²) < 4.78 is 6.16. The van der Waals surface area contributed by atoms with Crippen molar-refractivity contribution in [1.82, 2.24) is 15.3 Å². The lowest BCUT2D eigenvalue weighted by Gasteiger charge is -2.72. The van der Waals surface area contributed by atoms with Gasteiger partial charge in [0.25, 0.3) is 0 Å². The number of aliphatic hydroxyl groups is 1. The zero-order valence-corrected chi connectivity index (χ0v) is 32.6. The second-order valence-corrected chi connectivity index (χ2v) is 19.4. The van der Waals surface area contributed by atoms with Crippen LogP contribution >= 0.6 is 0 Å². The number of Topliss-reactive ketones (excluding diaryl/α,β-unsaturated/α-hetero) is 1. The maximum Gasteiger partial charge on any atom is 0.309 e. The van der Waals surface area contributed by atoms with Crippen LogP contribution in [0.1, 0.15) is 132 Å². The molecule has 5 aliphatic rings. The Bertz CT molecular complexity index is 1570. The molecule has 0 aromatic carbocycles. The van der Waals surface area contributed by atoms with Crippen molar-refractivity contribution in [2.45, 2.75) is 145 Å². The van der Waals surface area contributed by atoms with E-state index in [2.05, 4.69) is 63.8 Å². The highest BCUT2D eigenvalue weighted by Gasteiger charge is 2.70. The first-order valence-electron chi connectivity index (χ1n) is 19.6. The highest BCUT2D eigenvalue weighted by Crippen LogP contribution is 2.77. The van der Waals surface area contributed by atoms with Crippen molar-refractivity contribution in [1.29, 1.82) is 0 Å². The van der Waals surface area contributed by atoms with Gasteiger partial charge in [0, 0.05) is 36.2 Å². The van der Waals surface area contributed by atoms with E-state index in [0.29, 0.717) is 37.2 Å². The van der Waals surface area contributed by atoms with E-state index in [0.717, 1.165) is 56.9 Å². The number of esters is 1. The Hall–Kier alpha value is -2.65. The van der Waals surface area contributed by atoms with E-state index in [4.69, 9.17) is 4.74 Å². The normalized spacial score (nSPS) is 38.0. The van der Waals surface area contributed by atoms with E-state index < -0.39 is 28.9 Å². The van der Waals surface area contributed by atoms with E-state index in [1.165, 1.54) is 5.57 Å². The Kier molecular flexibility index (Phi) is 9.73. The Morgan fingerprint density at radius 3 is 2.29 bits per heavy atom. The number of nitrogens with zero attached hydrogens (tertiary/aromatic N) is 2. The van der Waals surface area contributed by atoms with Crippen LogP contribution in [-0.2, 0) is 25.7 Å². The predicted octanol–water partition coefficient (Wildman–Crippen LogP) is 7.32. The number of aromatic nitrogens is 2. The molecule has 4 saturated carbocycles. The smallest absolute Gasteiger partial charge is 0.309 e. The third-order valence-electron chi connectivity index (χ3n) is 15.7. The van der Waals surface area contributed by atoms with Crippen molar-refractivity contribution in [2.24, 2.45) is 56.2 Å². The van der Waals surface area contributed by atoms with Crippen LogP contribution in [0.3, 0.4) is 0 Å². The molecular weight excluding hydrogens is 642 g/mol.